The fourth-order valence-electron chi connectivity index (χ4n) is 2.51. The number of oxazole rings is 1. The first-order valence-corrected chi connectivity index (χ1v) is 11.9. The summed E-state index contributed by atoms with van der Waals surface area (Å²) in [4.78, 5) is 15.2. The van der Waals surface area contributed by atoms with E-state index >= 15 is 0 Å². The summed E-state index contributed by atoms with van der Waals surface area (Å²) in [5, 5.41) is 9.51. The highest BCUT2D eigenvalue weighted by Gasteiger charge is 2.12. The lowest BCUT2D eigenvalue weighted by molar-refractivity contribution is -0.138. The molecule has 0 aliphatic rings. The third-order valence-electron chi connectivity index (χ3n) is 4.45. The maximum Gasteiger partial charge on any atom is 0.320 e. The van der Waals surface area contributed by atoms with Crippen molar-refractivity contribution in [3.05, 3.63) is 109 Å². The Morgan fingerprint density at radius 2 is 1.79 bits per heavy atom. The molecule has 3 rings (SSSR count). The molecule has 1 aromatic heterocycles. The summed E-state index contributed by atoms with van der Waals surface area (Å²) in [6.07, 6.45) is 7.64. The van der Waals surface area contributed by atoms with Crippen LogP contribution in [-0.2, 0) is 17.0 Å². The Morgan fingerprint density at radius 1 is 1.15 bits per heavy atom. The minimum absolute atomic E-state index is 0.311. The van der Waals surface area contributed by atoms with Crippen molar-refractivity contribution in [3.63, 3.8) is 0 Å². The molecule has 34 heavy (non-hydrogen) atoms. The van der Waals surface area contributed by atoms with E-state index in [1.165, 1.54) is 17.3 Å². The summed E-state index contributed by atoms with van der Waals surface area (Å²) >= 11 is 1.50. The zero-order chi connectivity index (χ0) is 25.3. The van der Waals surface area contributed by atoms with Crippen LogP contribution in [-0.4, -0.2) is 22.1 Å². The summed E-state index contributed by atoms with van der Waals surface area (Å²) < 4.78 is 5.77. The zero-order valence-electron chi connectivity index (χ0n) is 20.1. The molecule has 1 unspecified atom stereocenters. The van der Waals surface area contributed by atoms with Crippen molar-refractivity contribution in [1.82, 2.24) is 4.98 Å². The molecule has 0 amide bonds. The Labute approximate surface area is 207 Å². The fraction of sp³-hybridized carbons (Fsp3) is 0.214. The van der Waals surface area contributed by atoms with Crippen LogP contribution in [0.15, 0.2) is 107 Å². The van der Waals surface area contributed by atoms with E-state index in [9.17, 15) is 4.79 Å². The van der Waals surface area contributed by atoms with E-state index in [1.807, 2.05) is 87.5 Å². The van der Waals surface area contributed by atoms with Gasteiger partial charge in [-0.2, -0.15) is 0 Å². The summed E-state index contributed by atoms with van der Waals surface area (Å²) in [7, 11) is 0. The molecular formula is C28H34N2O3S. The van der Waals surface area contributed by atoms with Gasteiger partial charge in [-0.15, -0.1) is 6.58 Å². The lowest BCUT2D eigenvalue weighted by Gasteiger charge is -2.07. The van der Waals surface area contributed by atoms with Gasteiger partial charge < -0.3 is 15.3 Å². The van der Waals surface area contributed by atoms with Gasteiger partial charge in [-0.25, -0.2) is 4.98 Å². The molecule has 0 spiro atoms. The number of thioether (sulfide) groups is 1. The zero-order valence-corrected chi connectivity index (χ0v) is 20.9. The minimum Gasteiger partial charge on any atom is -0.480 e. The minimum atomic E-state index is -0.993. The number of allylic oxidation sites excluding steroid dienone is 4. The highest BCUT2D eigenvalue weighted by Crippen LogP contribution is 2.27. The standard InChI is InChI=1S/C19H18N2O3S.C6H10.C3H6/c20-16(18(22)23)10-13-5-4-6-14(9-13)12-25-19-21-11-17(24-19)15-7-2-1-3-8-15;1-4-6(3)5-2;1-3-2/h1-9,11,16H,10,12,20H2,(H,22,23);4-5H,1H2,2-3H3;3H,1H2,2H3/b;6-5-;. The highest BCUT2D eigenvalue weighted by molar-refractivity contribution is 7.98. The first-order valence-electron chi connectivity index (χ1n) is 10.9. The van der Waals surface area contributed by atoms with E-state index in [0.717, 1.165) is 22.5 Å². The molecule has 0 aliphatic carbocycles. The molecule has 5 nitrogen and oxygen atoms in total. The van der Waals surface area contributed by atoms with Gasteiger partial charge in [-0.05, 0) is 38.3 Å². The van der Waals surface area contributed by atoms with Gasteiger partial charge in [-0.1, -0.05) is 96.7 Å². The lowest BCUT2D eigenvalue weighted by Crippen LogP contribution is -2.32. The monoisotopic (exact) mass is 478 g/mol. The normalized spacial score (nSPS) is 11.2. The molecule has 3 N–H and O–H groups in total. The summed E-state index contributed by atoms with van der Waals surface area (Å²) in [5.41, 5.74) is 9.79. The second kappa shape index (κ2) is 16.3. The Hall–Kier alpha value is -3.35. The van der Waals surface area contributed by atoms with Gasteiger partial charge >= 0.3 is 5.97 Å². The largest absolute Gasteiger partial charge is 0.480 e. The summed E-state index contributed by atoms with van der Waals surface area (Å²) in [5.74, 6) is 0.433. The Bertz CT molecular complexity index is 1060. The molecule has 0 fully saturated rings. The SMILES string of the molecule is C=C/C(C)=C\C.C=CC.NC(Cc1cccc(CSc2ncc(-c3ccccc3)o2)c1)C(=O)O. The van der Waals surface area contributed by atoms with Crippen LogP contribution in [0.1, 0.15) is 31.9 Å². The van der Waals surface area contributed by atoms with E-state index in [1.54, 1.807) is 12.3 Å². The number of carboxylic acid groups (broad SMARTS) is 1. The molecule has 180 valence electrons. The number of carboxylic acids is 1. The second-order valence-electron chi connectivity index (χ2n) is 7.26. The van der Waals surface area contributed by atoms with E-state index in [0.29, 0.717) is 17.4 Å². The van der Waals surface area contributed by atoms with E-state index < -0.39 is 12.0 Å². The van der Waals surface area contributed by atoms with Gasteiger partial charge in [0.15, 0.2) is 5.76 Å². The number of aliphatic carboxylic acids is 1. The third kappa shape index (κ3) is 11.0. The van der Waals surface area contributed by atoms with Crippen molar-refractivity contribution in [2.45, 2.75) is 44.2 Å². The highest BCUT2D eigenvalue weighted by atomic mass is 32.2. The molecule has 0 bridgehead atoms. The predicted molar refractivity (Wildman–Crippen MR) is 143 cm³/mol. The first kappa shape index (κ1) is 28.7. The molecule has 1 heterocycles. The molecule has 0 aliphatic heterocycles. The number of nitrogens with zero attached hydrogens (tertiary/aromatic N) is 1. The van der Waals surface area contributed by atoms with Gasteiger partial charge in [0, 0.05) is 11.3 Å². The number of carbonyl (C=O) groups is 1. The van der Waals surface area contributed by atoms with Crippen molar-refractivity contribution in [2.24, 2.45) is 5.73 Å². The third-order valence-corrected chi connectivity index (χ3v) is 5.36. The van der Waals surface area contributed by atoms with Gasteiger partial charge in [0.2, 0.25) is 0 Å². The Balaban J connectivity index is 0.000000551. The molecule has 0 saturated heterocycles. The number of aromatic nitrogens is 1. The average molecular weight is 479 g/mol. The van der Waals surface area contributed by atoms with Crippen LogP contribution in [0, 0.1) is 0 Å². The number of rotatable bonds is 8. The first-order chi connectivity index (χ1) is 16.3. The van der Waals surface area contributed by atoms with Crippen molar-refractivity contribution in [2.75, 3.05) is 0 Å². The molecule has 1 atom stereocenters. The topological polar surface area (TPSA) is 89.4 Å². The molecule has 0 saturated carbocycles. The van der Waals surface area contributed by atoms with Crippen LogP contribution >= 0.6 is 11.8 Å². The maximum absolute atomic E-state index is 10.9. The molecule has 6 heteroatoms. The van der Waals surface area contributed by atoms with E-state index in [-0.39, 0.29) is 0 Å². The average Bonchev–Trinajstić information content (AvgIpc) is 3.33. The van der Waals surface area contributed by atoms with Gasteiger partial charge in [0.05, 0.1) is 6.20 Å². The molecular weight excluding hydrogens is 444 g/mol. The maximum atomic E-state index is 10.9. The van der Waals surface area contributed by atoms with Crippen LogP contribution in [0.25, 0.3) is 11.3 Å². The van der Waals surface area contributed by atoms with E-state index in [2.05, 4.69) is 18.1 Å². The smallest absolute Gasteiger partial charge is 0.320 e. The number of nitrogens with two attached hydrogens (primary N) is 1. The molecule has 0 radical (unpaired) electrons. The van der Waals surface area contributed by atoms with Crippen LogP contribution in [0.5, 0.6) is 0 Å². The van der Waals surface area contributed by atoms with Crippen molar-refractivity contribution < 1.29 is 14.3 Å². The predicted octanol–water partition coefficient (Wildman–Crippen LogP) is 6.92. The summed E-state index contributed by atoms with van der Waals surface area (Å²) in [6.45, 7) is 12.8. The van der Waals surface area contributed by atoms with Crippen molar-refractivity contribution >= 4 is 17.7 Å². The van der Waals surface area contributed by atoms with Crippen LogP contribution in [0.3, 0.4) is 0 Å². The quantitative estimate of drug-likeness (QED) is 0.207. The molecule has 2 aromatic carbocycles. The molecule has 3 aromatic rings. The van der Waals surface area contributed by atoms with Crippen molar-refractivity contribution in [1.29, 1.82) is 0 Å². The van der Waals surface area contributed by atoms with Crippen LogP contribution < -0.4 is 5.73 Å². The summed E-state index contributed by atoms with van der Waals surface area (Å²) in [6, 6.07) is 16.7. The van der Waals surface area contributed by atoms with Crippen LogP contribution in [0.4, 0.5) is 0 Å². The number of benzene rings is 2. The lowest BCUT2D eigenvalue weighted by atomic mass is 10.0. The fourth-order valence-corrected chi connectivity index (χ4v) is 3.26. The Kier molecular flexibility index (Phi) is 13.7. The number of hydrogen-bond donors (Lipinski definition) is 2. The van der Waals surface area contributed by atoms with Crippen molar-refractivity contribution in [3.8, 4) is 11.3 Å². The number of hydrogen-bond acceptors (Lipinski definition) is 5. The van der Waals surface area contributed by atoms with Gasteiger partial charge in [0.25, 0.3) is 5.22 Å². The van der Waals surface area contributed by atoms with Gasteiger partial charge in [-0.3, -0.25) is 4.79 Å². The van der Waals surface area contributed by atoms with Crippen LogP contribution in [0.2, 0.25) is 0 Å². The van der Waals surface area contributed by atoms with E-state index in [4.69, 9.17) is 15.3 Å². The second-order valence-corrected chi connectivity index (χ2v) is 8.19. The van der Waals surface area contributed by atoms with Gasteiger partial charge in [0.1, 0.15) is 6.04 Å². The Morgan fingerprint density at radius 3 is 2.35 bits per heavy atom.